The molecule has 3 aliphatic heterocycles. The van der Waals surface area contributed by atoms with Crippen LogP contribution >= 0.6 is 0 Å². The van der Waals surface area contributed by atoms with Crippen LogP contribution in [0.4, 0.5) is 14.9 Å². The minimum atomic E-state index is -1.68. The fraction of sp³-hybridized carbons (Fsp3) is 0.500. The van der Waals surface area contributed by atoms with Crippen LogP contribution in [-0.4, -0.2) is 73.3 Å². The zero-order chi connectivity index (χ0) is 25.2. The summed E-state index contributed by atoms with van der Waals surface area (Å²) in [5, 5.41) is 8.57. The average molecular weight is 486 g/mol. The Morgan fingerprint density at radius 2 is 1.89 bits per heavy atom. The van der Waals surface area contributed by atoms with Crippen molar-refractivity contribution in [2.75, 3.05) is 32.1 Å². The maximum Gasteiger partial charge on any atom is 0.328 e. The minimum absolute atomic E-state index is 0.0961. The molecule has 10 nitrogen and oxygen atoms in total. The predicted octanol–water partition coefficient (Wildman–Crippen LogP) is 1.53. The van der Waals surface area contributed by atoms with Crippen LogP contribution in [-0.2, 0) is 20.7 Å². The predicted molar refractivity (Wildman–Crippen MR) is 123 cm³/mol. The number of morpholine rings is 1. The van der Waals surface area contributed by atoms with E-state index in [1.807, 2.05) is 25.9 Å². The molecule has 2 aromatic rings. The summed E-state index contributed by atoms with van der Waals surface area (Å²) in [4.78, 5) is 42.4. The molecule has 186 valence electrons. The zero-order valence-corrected chi connectivity index (χ0v) is 20.3. The second-order valence-electron chi connectivity index (χ2n) is 9.89. The van der Waals surface area contributed by atoms with E-state index in [1.165, 1.54) is 6.07 Å². The van der Waals surface area contributed by atoms with Crippen LogP contribution in [0.1, 0.15) is 23.8 Å². The van der Waals surface area contributed by atoms with Crippen LogP contribution in [0.3, 0.4) is 0 Å². The molecule has 11 heteroatoms. The highest BCUT2D eigenvalue weighted by atomic mass is 19.1. The zero-order valence-electron chi connectivity index (χ0n) is 20.3. The van der Waals surface area contributed by atoms with Crippen LogP contribution in [0, 0.1) is 25.1 Å². The topological polar surface area (TPSA) is 117 Å². The van der Waals surface area contributed by atoms with E-state index in [2.05, 4.69) is 15.8 Å². The highest BCUT2D eigenvalue weighted by molar-refractivity contribution is 6.20. The van der Waals surface area contributed by atoms with Gasteiger partial charge in [0.2, 0.25) is 11.8 Å². The van der Waals surface area contributed by atoms with Gasteiger partial charge in [-0.25, -0.2) is 9.18 Å². The number of likely N-dealkylation sites (N-methyl/N-ethyl adjacent to an activating group) is 1. The third-order valence-corrected chi connectivity index (χ3v) is 7.26. The van der Waals surface area contributed by atoms with E-state index in [-0.39, 0.29) is 19.1 Å². The molecule has 0 unspecified atom stereocenters. The van der Waals surface area contributed by atoms with Gasteiger partial charge in [-0.15, -0.1) is 0 Å². The van der Waals surface area contributed by atoms with Crippen LogP contribution in [0.25, 0.3) is 11.3 Å². The van der Waals surface area contributed by atoms with Gasteiger partial charge in [0.05, 0.1) is 23.9 Å². The van der Waals surface area contributed by atoms with Crippen molar-refractivity contribution in [3.05, 3.63) is 34.8 Å². The number of aryl methyl sites for hydroxylation is 1. The van der Waals surface area contributed by atoms with Crippen LogP contribution in [0.15, 0.2) is 16.7 Å². The number of fused-ring (bicyclic) bond motifs is 4. The van der Waals surface area contributed by atoms with Gasteiger partial charge in [-0.3, -0.25) is 20.2 Å². The van der Waals surface area contributed by atoms with E-state index < -0.39 is 41.2 Å². The number of imide groups is 2. The Morgan fingerprint density at radius 1 is 1.20 bits per heavy atom. The van der Waals surface area contributed by atoms with Crippen molar-refractivity contribution in [3.8, 4) is 11.3 Å². The van der Waals surface area contributed by atoms with E-state index in [0.29, 0.717) is 34.8 Å². The number of rotatable bonds is 3. The Bertz CT molecular complexity index is 1220. The number of anilines is 1. The number of barbiturate groups is 1. The van der Waals surface area contributed by atoms with Crippen LogP contribution < -0.4 is 15.5 Å². The smallest absolute Gasteiger partial charge is 0.328 e. The van der Waals surface area contributed by atoms with E-state index in [1.54, 1.807) is 24.8 Å². The van der Waals surface area contributed by atoms with E-state index in [4.69, 9.17) is 9.26 Å². The molecule has 0 saturated carbocycles. The van der Waals surface area contributed by atoms with Crippen molar-refractivity contribution >= 4 is 23.5 Å². The number of benzene rings is 1. The first-order chi connectivity index (χ1) is 16.5. The summed E-state index contributed by atoms with van der Waals surface area (Å²) < 4.78 is 27.3. The van der Waals surface area contributed by atoms with Crippen LogP contribution in [0.2, 0.25) is 0 Å². The molecular weight excluding hydrogens is 457 g/mol. The summed E-state index contributed by atoms with van der Waals surface area (Å²) in [6.45, 7) is 6.23. The van der Waals surface area contributed by atoms with Crippen molar-refractivity contribution < 1.29 is 28.0 Å². The molecule has 1 spiro atoms. The standard InChI is InChI=1S/C24H28FN5O5/c1-11-12(2)35-28-18(11)14-6-15-8-24(21(31)26-23(33)27-22(24)32)20-13(3)34-16(9-29(4)5)10-30(20)19(15)17(25)7-14/h6-7,13,16,20H,8-10H2,1-5H3,(H2,26,27,31,32,33)/t13-,16+,20+/m0/s1. The largest absolute Gasteiger partial charge is 0.370 e. The van der Waals surface area contributed by atoms with Gasteiger partial charge < -0.3 is 19.1 Å². The number of amides is 4. The average Bonchev–Trinajstić information content (AvgIpc) is 3.09. The van der Waals surface area contributed by atoms with Gasteiger partial charge in [-0.05, 0) is 52.6 Å². The number of carbonyl (C=O) groups is 3. The second-order valence-corrected chi connectivity index (χ2v) is 9.89. The molecule has 2 N–H and O–H groups in total. The van der Waals surface area contributed by atoms with Gasteiger partial charge in [0, 0.05) is 30.6 Å². The molecule has 3 atom stereocenters. The molecule has 1 aromatic carbocycles. The summed E-state index contributed by atoms with van der Waals surface area (Å²) in [5.41, 5.74) is 0.894. The first-order valence-corrected chi connectivity index (χ1v) is 11.5. The fourth-order valence-corrected chi connectivity index (χ4v) is 5.75. The summed E-state index contributed by atoms with van der Waals surface area (Å²) in [7, 11) is 3.82. The van der Waals surface area contributed by atoms with E-state index in [0.717, 1.165) is 5.56 Å². The van der Waals surface area contributed by atoms with Crippen molar-refractivity contribution in [1.82, 2.24) is 20.7 Å². The third kappa shape index (κ3) is 3.52. The quantitative estimate of drug-likeness (QED) is 0.629. The number of carbonyl (C=O) groups excluding carboxylic acids is 3. The molecule has 0 radical (unpaired) electrons. The lowest BCUT2D eigenvalue weighted by Crippen LogP contribution is -2.75. The monoisotopic (exact) mass is 485 g/mol. The number of nitrogens with zero attached hydrogens (tertiary/aromatic N) is 3. The molecule has 2 fully saturated rings. The maximum absolute atomic E-state index is 15.8. The van der Waals surface area contributed by atoms with Gasteiger partial charge in [0.1, 0.15) is 17.3 Å². The molecule has 3 aliphatic rings. The highest BCUT2D eigenvalue weighted by Crippen LogP contribution is 2.48. The number of halogens is 1. The second kappa shape index (κ2) is 8.13. The van der Waals surface area contributed by atoms with Gasteiger partial charge in [0.25, 0.3) is 0 Å². The van der Waals surface area contributed by atoms with Gasteiger partial charge in [0.15, 0.2) is 5.41 Å². The molecule has 4 amide bonds. The maximum atomic E-state index is 15.8. The van der Waals surface area contributed by atoms with Crippen molar-refractivity contribution in [1.29, 1.82) is 0 Å². The number of ether oxygens (including phenoxy) is 1. The number of aromatic nitrogens is 1. The first-order valence-electron chi connectivity index (χ1n) is 11.5. The summed E-state index contributed by atoms with van der Waals surface area (Å²) >= 11 is 0. The lowest BCUT2D eigenvalue weighted by Gasteiger charge is -2.55. The molecule has 35 heavy (non-hydrogen) atoms. The van der Waals surface area contributed by atoms with E-state index in [9.17, 15) is 14.4 Å². The number of hydrogen-bond acceptors (Lipinski definition) is 8. The lowest BCUT2D eigenvalue weighted by atomic mass is 9.66. The molecule has 0 aliphatic carbocycles. The summed E-state index contributed by atoms with van der Waals surface area (Å²) in [6.07, 6.45) is -0.970. The molecular formula is C24H28FN5O5. The molecule has 1 aromatic heterocycles. The summed E-state index contributed by atoms with van der Waals surface area (Å²) in [6, 6.07) is 1.48. The SMILES string of the molecule is Cc1onc(-c2cc(F)c3c(c2)CC2(C(=O)NC(=O)NC2=O)[C@H]2[C@H](C)O[C@H](CN(C)C)CN32)c1C. The Kier molecular flexibility index (Phi) is 5.44. The lowest BCUT2D eigenvalue weighted by molar-refractivity contribution is -0.154. The Hall–Kier alpha value is -3.31. The molecule has 2 saturated heterocycles. The number of urea groups is 1. The third-order valence-electron chi connectivity index (χ3n) is 7.26. The Labute approximate surface area is 201 Å². The van der Waals surface area contributed by atoms with Crippen molar-refractivity contribution in [2.45, 2.75) is 45.4 Å². The van der Waals surface area contributed by atoms with Crippen LogP contribution in [0.5, 0.6) is 0 Å². The molecule has 4 heterocycles. The normalized spacial score (nSPS) is 25.4. The Balaban J connectivity index is 1.69. The number of nitrogens with one attached hydrogen (secondary N) is 2. The van der Waals surface area contributed by atoms with Gasteiger partial charge in [-0.1, -0.05) is 5.16 Å². The summed E-state index contributed by atoms with van der Waals surface area (Å²) in [5.74, 6) is -1.30. The minimum Gasteiger partial charge on any atom is -0.370 e. The highest BCUT2D eigenvalue weighted by Gasteiger charge is 2.63. The number of hydrogen-bond donors (Lipinski definition) is 2. The Morgan fingerprint density at radius 3 is 2.49 bits per heavy atom. The van der Waals surface area contributed by atoms with Gasteiger partial charge >= 0.3 is 6.03 Å². The van der Waals surface area contributed by atoms with E-state index >= 15 is 4.39 Å². The van der Waals surface area contributed by atoms with Gasteiger partial charge in [-0.2, -0.15) is 0 Å². The fourth-order valence-electron chi connectivity index (χ4n) is 5.75. The van der Waals surface area contributed by atoms with Crippen molar-refractivity contribution in [3.63, 3.8) is 0 Å². The molecule has 5 rings (SSSR count). The van der Waals surface area contributed by atoms with Crippen molar-refractivity contribution in [2.24, 2.45) is 5.41 Å². The molecule has 0 bridgehead atoms. The first kappa shape index (κ1) is 23.4.